The Hall–Kier alpha value is -2.16. The number of rotatable bonds is 0. The van der Waals surface area contributed by atoms with E-state index in [4.69, 9.17) is 4.74 Å². The molecule has 3 nitrogen and oxygen atoms in total. The van der Waals surface area contributed by atoms with Crippen molar-refractivity contribution in [2.24, 2.45) is 0 Å². The van der Waals surface area contributed by atoms with Crippen LogP contribution in [0.5, 0.6) is 23.0 Å². The minimum absolute atomic E-state index is 0.249. The topological polar surface area (TPSA) is 49.7 Å². The quantitative estimate of drug-likeness (QED) is 0.648. The Labute approximate surface area is 118 Å². The van der Waals surface area contributed by atoms with Crippen LogP contribution in [0.2, 0.25) is 0 Å². The molecule has 0 aliphatic carbocycles. The van der Waals surface area contributed by atoms with Gasteiger partial charge in [-0.25, -0.2) is 0 Å². The largest absolute Gasteiger partial charge is 0.508 e. The van der Waals surface area contributed by atoms with E-state index in [-0.39, 0.29) is 5.75 Å². The summed E-state index contributed by atoms with van der Waals surface area (Å²) >= 11 is 0. The fraction of sp³-hybridized carbons (Fsp3) is 0.294. The van der Waals surface area contributed by atoms with Crippen LogP contribution >= 0.6 is 0 Å². The molecule has 0 spiro atoms. The Morgan fingerprint density at radius 1 is 0.900 bits per heavy atom. The number of benzene rings is 2. The molecule has 0 radical (unpaired) electrons. The van der Waals surface area contributed by atoms with Gasteiger partial charge in [0.15, 0.2) is 0 Å². The molecule has 20 heavy (non-hydrogen) atoms. The lowest BCUT2D eigenvalue weighted by Gasteiger charge is -2.26. The predicted molar refractivity (Wildman–Crippen MR) is 78.0 cm³/mol. The van der Waals surface area contributed by atoms with Crippen molar-refractivity contribution in [3.63, 3.8) is 0 Å². The van der Waals surface area contributed by atoms with Crippen molar-refractivity contribution >= 4 is 0 Å². The third-order valence-electron chi connectivity index (χ3n) is 4.25. The van der Waals surface area contributed by atoms with Gasteiger partial charge in [-0.2, -0.15) is 0 Å². The Morgan fingerprint density at radius 3 is 2.30 bits per heavy atom. The second-order valence-electron chi connectivity index (χ2n) is 5.56. The fourth-order valence-corrected chi connectivity index (χ4v) is 2.92. The summed E-state index contributed by atoms with van der Waals surface area (Å²) < 4.78 is 6.09. The first-order chi connectivity index (χ1) is 9.40. The number of hydrogen-bond donors (Lipinski definition) is 2. The molecule has 1 heterocycles. The first-order valence-corrected chi connectivity index (χ1v) is 6.72. The van der Waals surface area contributed by atoms with Crippen molar-refractivity contribution in [1.82, 2.24) is 0 Å². The highest BCUT2D eigenvalue weighted by atomic mass is 16.5. The summed E-state index contributed by atoms with van der Waals surface area (Å²) in [6, 6.07) is 3.44. The van der Waals surface area contributed by atoms with Crippen LogP contribution in [0.3, 0.4) is 0 Å². The van der Waals surface area contributed by atoms with Crippen molar-refractivity contribution in [2.45, 2.75) is 34.1 Å². The van der Waals surface area contributed by atoms with Crippen LogP contribution in [0.1, 0.15) is 33.4 Å². The molecular formula is C17H18O3. The molecule has 1 aliphatic heterocycles. The maximum Gasteiger partial charge on any atom is 0.134 e. The SMILES string of the molecule is Cc1cc(O)cc2c1Oc1c(C)c(C)c(O)c(C)c1C2. The molecule has 0 saturated carbocycles. The van der Waals surface area contributed by atoms with E-state index in [0.29, 0.717) is 12.2 Å². The monoisotopic (exact) mass is 270 g/mol. The Kier molecular flexibility index (Phi) is 2.68. The molecule has 3 heteroatoms. The van der Waals surface area contributed by atoms with Gasteiger partial charge in [-0.15, -0.1) is 0 Å². The van der Waals surface area contributed by atoms with Crippen molar-refractivity contribution < 1.29 is 14.9 Å². The average Bonchev–Trinajstić information content (AvgIpc) is 2.41. The third-order valence-corrected chi connectivity index (χ3v) is 4.25. The van der Waals surface area contributed by atoms with Crippen molar-refractivity contribution in [1.29, 1.82) is 0 Å². The van der Waals surface area contributed by atoms with E-state index >= 15 is 0 Å². The number of phenols is 2. The van der Waals surface area contributed by atoms with Crippen LogP contribution < -0.4 is 4.74 Å². The molecule has 0 atom stereocenters. The summed E-state index contributed by atoms with van der Waals surface area (Å²) in [5, 5.41) is 19.9. The number of aryl methyl sites for hydroxylation is 1. The standard InChI is InChI=1S/C17H18O3/c1-8-5-13(18)6-12-7-14-11(4)15(19)9(2)10(3)17(14)20-16(8)12/h5-6,18-19H,7H2,1-4H3. The molecule has 3 rings (SSSR count). The second-order valence-corrected chi connectivity index (χ2v) is 5.56. The van der Waals surface area contributed by atoms with Gasteiger partial charge in [-0.1, -0.05) is 0 Å². The minimum Gasteiger partial charge on any atom is -0.508 e. The summed E-state index contributed by atoms with van der Waals surface area (Å²) in [5.41, 5.74) is 5.58. The minimum atomic E-state index is 0.249. The number of aromatic hydroxyl groups is 2. The van der Waals surface area contributed by atoms with Gasteiger partial charge in [0.05, 0.1) is 0 Å². The van der Waals surface area contributed by atoms with Gasteiger partial charge in [0.1, 0.15) is 23.0 Å². The molecule has 0 aromatic heterocycles. The molecule has 0 fully saturated rings. The molecular weight excluding hydrogens is 252 g/mol. The van der Waals surface area contributed by atoms with Gasteiger partial charge >= 0.3 is 0 Å². The maximum absolute atomic E-state index is 10.2. The molecule has 0 saturated heterocycles. The smallest absolute Gasteiger partial charge is 0.134 e. The van der Waals surface area contributed by atoms with E-state index in [0.717, 1.165) is 44.9 Å². The van der Waals surface area contributed by atoms with E-state index in [1.54, 1.807) is 12.1 Å². The third kappa shape index (κ3) is 1.66. The zero-order chi connectivity index (χ0) is 14.6. The van der Waals surface area contributed by atoms with Crippen LogP contribution in [0, 0.1) is 27.7 Å². The molecule has 0 bridgehead atoms. The van der Waals surface area contributed by atoms with Gasteiger partial charge in [0.25, 0.3) is 0 Å². The number of fused-ring (bicyclic) bond motifs is 2. The molecule has 0 amide bonds. The second kappa shape index (κ2) is 4.17. The van der Waals surface area contributed by atoms with Crippen LogP contribution in [0.25, 0.3) is 0 Å². The first-order valence-electron chi connectivity index (χ1n) is 6.72. The average molecular weight is 270 g/mol. The van der Waals surface area contributed by atoms with E-state index in [9.17, 15) is 10.2 Å². The Balaban J connectivity index is 2.26. The van der Waals surface area contributed by atoms with Gasteiger partial charge in [0, 0.05) is 17.5 Å². The highest BCUT2D eigenvalue weighted by molar-refractivity contribution is 5.64. The summed E-state index contributed by atoms with van der Waals surface area (Å²) in [4.78, 5) is 0. The molecule has 0 unspecified atom stereocenters. The van der Waals surface area contributed by atoms with Crippen LogP contribution in [0.4, 0.5) is 0 Å². The first kappa shape index (κ1) is 12.9. The number of hydrogen-bond acceptors (Lipinski definition) is 3. The van der Waals surface area contributed by atoms with Gasteiger partial charge in [-0.05, 0) is 62.1 Å². The van der Waals surface area contributed by atoms with Crippen molar-refractivity contribution in [3.05, 3.63) is 45.5 Å². The Morgan fingerprint density at radius 2 is 1.60 bits per heavy atom. The maximum atomic E-state index is 10.2. The van der Waals surface area contributed by atoms with E-state index in [1.165, 1.54) is 0 Å². The fourth-order valence-electron chi connectivity index (χ4n) is 2.92. The normalized spacial score (nSPS) is 12.6. The Bertz CT molecular complexity index is 730. The zero-order valence-electron chi connectivity index (χ0n) is 12.2. The predicted octanol–water partition coefficient (Wildman–Crippen LogP) is 4.03. The summed E-state index contributed by atoms with van der Waals surface area (Å²) in [6.07, 6.45) is 0.667. The summed E-state index contributed by atoms with van der Waals surface area (Å²) in [5.74, 6) is 2.26. The lowest BCUT2D eigenvalue weighted by molar-refractivity contribution is 0.432. The molecule has 2 aromatic carbocycles. The van der Waals surface area contributed by atoms with Crippen molar-refractivity contribution in [3.8, 4) is 23.0 Å². The van der Waals surface area contributed by atoms with E-state index in [2.05, 4.69) is 0 Å². The highest BCUT2D eigenvalue weighted by Gasteiger charge is 2.25. The van der Waals surface area contributed by atoms with Gasteiger partial charge < -0.3 is 14.9 Å². The lowest BCUT2D eigenvalue weighted by Crippen LogP contribution is -2.09. The molecule has 104 valence electrons. The number of phenolic OH excluding ortho intramolecular Hbond substituents is 2. The van der Waals surface area contributed by atoms with Crippen LogP contribution in [-0.2, 0) is 6.42 Å². The van der Waals surface area contributed by atoms with Crippen LogP contribution in [-0.4, -0.2) is 10.2 Å². The van der Waals surface area contributed by atoms with Gasteiger partial charge in [0.2, 0.25) is 0 Å². The summed E-state index contributed by atoms with van der Waals surface area (Å²) in [6.45, 7) is 7.71. The highest BCUT2D eigenvalue weighted by Crippen LogP contribution is 2.46. The summed E-state index contributed by atoms with van der Waals surface area (Å²) in [7, 11) is 0. The van der Waals surface area contributed by atoms with E-state index in [1.807, 2.05) is 27.7 Å². The van der Waals surface area contributed by atoms with Crippen LogP contribution in [0.15, 0.2) is 12.1 Å². The zero-order valence-corrected chi connectivity index (χ0v) is 12.2. The number of ether oxygens (including phenoxy) is 1. The van der Waals surface area contributed by atoms with E-state index < -0.39 is 0 Å². The lowest BCUT2D eigenvalue weighted by atomic mass is 9.90. The van der Waals surface area contributed by atoms with Gasteiger partial charge in [-0.3, -0.25) is 0 Å². The molecule has 2 N–H and O–H groups in total. The molecule has 1 aliphatic rings. The molecule has 2 aromatic rings. The van der Waals surface area contributed by atoms with Crippen molar-refractivity contribution in [2.75, 3.05) is 0 Å².